The van der Waals surface area contributed by atoms with E-state index in [9.17, 15) is 13.9 Å². The van der Waals surface area contributed by atoms with Crippen molar-refractivity contribution in [1.29, 1.82) is 0 Å². The van der Waals surface area contributed by atoms with Gasteiger partial charge in [0, 0.05) is 6.07 Å². The molecule has 0 saturated heterocycles. The number of hydrogen-bond donors (Lipinski definition) is 1. The number of aromatic nitrogens is 1. The fourth-order valence-corrected chi connectivity index (χ4v) is 1.53. The largest absolute Gasteiger partial charge is 0.456 e. The third kappa shape index (κ3) is 3.26. The predicted molar refractivity (Wildman–Crippen MR) is 65.9 cm³/mol. The Morgan fingerprint density at radius 2 is 1.89 bits per heavy atom. The maximum atomic E-state index is 13.0. The van der Waals surface area contributed by atoms with Crippen LogP contribution in [-0.2, 0) is 0 Å². The van der Waals surface area contributed by atoms with Gasteiger partial charge in [-0.25, -0.2) is 8.78 Å². The van der Waals surface area contributed by atoms with E-state index < -0.39 is 17.7 Å². The van der Waals surface area contributed by atoms with Gasteiger partial charge in [-0.2, -0.15) is 0 Å². The summed E-state index contributed by atoms with van der Waals surface area (Å²) in [5.41, 5.74) is 0.542. The molecule has 2 aromatic rings. The van der Waals surface area contributed by atoms with Crippen molar-refractivity contribution < 1.29 is 18.6 Å². The summed E-state index contributed by atoms with van der Waals surface area (Å²) in [6.45, 7) is 1.85. The van der Waals surface area contributed by atoms with Gasteiger partial charge in [-0.05, 0) is 30.7 Å². The van der Waals surface area contributed by atoms with Crippen molar-refractivity contribution in [3.8, 4) is 11.5 Å². The number of rotatable bonds is 4. The highest BCUT2D eigenvalue weighted by Crippen LogP contribution is 2.23. The van der Waals surface area contributed by atoms with E-state index in [2.05, 4.69) is 4.98 Å². The van der Waals surface area contributed by atoms with Crippen molar-refractivity contribution in [2.45, 2.75) is 19.4 Å². The van der Waals surface area contributed by atoms with Gasteiger partial charge < -0.3 is 9.84 Å². The van der Waals surface area contributed by atoms with Gasteiger partial charge in [0.1, 0.15) is 11.5 Å². The lowest BCUT2D eigenvalue weighted by molar-refractivity contribution is 0.169. The molecule has 5 heteroatoms. The van der Waals surface area contributed by atoms with Crippen molar-refractivity contribution in [2.75, 3.05) is 0 Å². The molecule has 0 radical (unpaired) electrons. The lowest BCUT2D eigenvalue weighted by Crippen LogP contribution is -1.98. The minimum absolute atomic E-state index is 0.185. The highest BCUT2D eigenvalue weighted by Gasteiger charge is 2.07. The van der Waals surface area contributed by atoms with E-state index in [-0.39, 0.29) is 5.75 Å². The molecule has 0 unspecified atom stereocenters. The smallest absolute Gasteiger partial charge is 0.162 e. The maximum Gasteiger partial charge on any atom is 0.162 e. The number of nitrogens with zero attached hydrogens (tertiary/aromatic N) is 1. The van der Waals surface area contributed by atoms with Crippen molar-refractivity contribution in [1.82, 2.24) is 4.98 Å². The second kappa shape index (κ2) is 5.75. The van der Waals surface area contributed by atoms with Crippen LogP contribution in [0.1, 0.15) is 25.1 Å². The highest BCUT2D eigenvalue weighted by molar-refractivity contribution is 5.30. The van der Waals surface area contributed by atoms with Gasteiger partial charge in [0.25, 0.3) is 0 Å². The van der Waals surface area contributed by atoms with Crippen molar-refractivity contribution in [2.24, 2.45) is 0 Å². The SMILES string of the molecule is CC[C@H](O)c1ccc(Oc2ccc(F)c(F)c2)cn1. The molecule has 3 nitrogen and oxygen atoms in total. The van der Waals surface area contributed by atoms with E-state index in [4.69, 9.17) is 4.74 Å². The monoisotopic (exact) mass is 265 g/mol. The zero-order chi connectivity index (χ0) is 13.8. The first-order valence-corrected chi connectivity index (χ1v) is 5.87. The number of pyridine rings is 1. The Bertz CT molecular complexity index is 558. The molecule has 100 valence electrons. The van der Waals surface area contributed by atoms with Gasteiger partial charge in [0.2, 0.25) is 0 Å². The van der Waals surface area contributed by atoms with Gasteiger partial charge in [-0.3, -0.25) is 4.98 Å². The van der Waals surface area contributed by atoms with Gasteiger partial charge >= 0.3 is 0 Å². The molecule has 1 atom stereocenters. The number of benzene rings is 1. The first-order chi connectivity index (χ1) is 9.10. The second-order valence-corrected chi connectivity index (χ2v) is 4.02. The Labute approximate surface area is 109 Å². The van der Waals surface area contributed by atoms with Crippen LogP contribution < -0.4 is 4.74 Å². The van der Waals surface area contributed by atoms with E-state index in [1.54, 1.807) is 12.1 Å². The summed E-state index contributed by atoms with van der Waals surface area (Å²) >= 11 is 0. The zero-order valence-corrected chi connectivity index (χ0v) is 10.3. The van der Waals surface area contributed by atoms with Crippen LogP contribution in [0.15, 0.2) is 36.5 Å². The molecule has 2 rings (SSSR count). The Morgan fingerprint density at radius 1 is 1.16 bits per heavy atom. The molecule has 1 aromatic carbocycles. The molecule has 0 amide bonds. The number of hydrogen-bond acceptors (Lipinski definition) is 3. The molecule has 0 aliphatic carbocycles. The fraction of sp³-hybridized carbons (Fsp3) is 0.214. The van der Waals surface area contributed by atoms with Crippen molar-refractivity contribution in [3.63, 3.8) is 0 Å². The molecule has 0 aliphatic rings. The van der Waals surface area contributed by atoms with E-state index in [1.165, 1.54) is 12.3 Å². The lowest BCUT2D eigenvalue weighted by atomic mass is 10.2. The third-order valence-electron chi connectivity index (χ3n) is 2.61. The van der Waals surface area contributed by atoms with Crippen LogP contribution in [0, 0.1) is 11.6 Å². The lowest BCUT2D eigenvalue weighted by Gasteiger charge is -2.09. The first-order valence-electron chi connectivity index (χ1n) is 5.87. The summed E-state index contributed by atoms with van der Waals surface area (Å²) in [6.07, 6.45) is 1.38. The second-order valence-electron chi connectivity index (χ2n) is 4.02. The molecule has 1 heterocycles. The van der Waals surface area contributed by atoms with Crippen molar-refractivity contribution >= 4 is 0 Å². The van der Waals surface area contributed by atoms with Gasteiger partial charge in [0.15, 0.2) is 11.6 Å². The molecule has 0 aliphatic heterocycles. The van der Waals surface area contributed by atoms with Gasteiger partial charge in [-0.15, -0.1) is 0 Å². The van der Waals surface area contributed by atoms with E-state index in [0.29, 0.717) is 17.9 Å². The summed E-state index contributed by atoms with van der Waals surface area (Å²) in [5.74, 6) is -1.32. The molecule has 0 bridgehead atoms. The molecule has 0 spiro atoms. The highest BCUT2D eigenvalue weighted by atomic mass is 19.2. The zero-order valence-electron chi connectivity index (χ0n) is 10.3. The van der Waals surface area contributed by atoms with Crippen molar-refractivity contribution in [3.05, 3.63) is 53.9 Å². The molecular formula is C14H13F2NO2. The normalized spacial score (nSPS) is 12.2. The summed E-state index contributed by atoms with van der Waals surface area (Å²) in [4.78, 5) is 4.04. The molecule has 0 fully saturated rings. The van der Waals surface area contributed by atoms with Crippen LogP contribution in [0.2, 0.25) is 0 Å². The number of aliphatic hydroxyl groups excluding tert-OH is 1. The fourth-order valence-electron chi connectivity index (χ4n) is 1.53. The Balaban J connectivity index is 2.12. The Morgan fingerprint density at radius 3 is 2.47 bits per heavy atom. The summed E-state index contributed by atoms with van der Waals surface area (Å²) < 4.78 is 31.1. The first kappa shape index (κ1) is 13.4. The summed E-state index contributed by atoms with van der Waals surface area (Å²) in [5, 5.41) is 9.58. The number of aliphatic hydroxyl groups is 1. The molecule has 0 saturated carbocycles. The molecular weight excluding hydrogens is 252 g/mol. The van der Waals surface area contributed by atoms with Crippen LogP contribution in [0.3, 0.4) is 0 Å². The summed E-state index contributed by atoms with van der Waals surface area (Å²) in [7, 11) is 0. The average Bonchev–Trinajstić information content (AvgIpc) is 2.43. The predicted octanol–water partition coefficient (Wildman–Crippen LogP) is 3.60. The van der Waals surface area contributed by atoms with Crippen LogP contribution in [-0.4, -0.2) is 10.1 Å². The minimum atomic E-state index is -0.969. The van der Waals surface area contributed by atoms with E-state index >= 15 is 0 Å². The van der Waals surface area contributed by atoms with Crippen LogP contribution in [0.5, 0.6) is 11.5 Å². The average molecular weight is 265 g/mol. The van der Waals surface area contributed by atoms with Gasteiger partial charge in [-0.1, -0.05) is 6.92 Å². The van der Waals surface area contributed by atoms with Crippen LogP contribution in [0.4, 0.5) is 8.78 Å². The van der Waals surface area contributed by atoms with Gasteiger partial charge in [0.05, 0.1) is 18.0 Å². The topological polar surface area (TPSA) is 42.4 Å². The minimum Gasteiger partial charge on any atom is -0.456 e. The van der Waals surface area contributed by atoms with Crippen LogP contribution in [0.25, 0.3) is 0 Å². The molecule has 1 N–H and O–H groups in total. The number of halogens is 2. The molecule has 1 aromatic heterocycles. The Kier molecular flexibility index (Phi) is 4.06. The number of ether oxygens (including phenoxy) is 1. The standard InChI is InChI=1S/C14H13F2NO2/c1-2-14(18)13-6-4-10(8-17-13)19-9-3-5-11(15)12(16)7-9/h3-8,14,18H,2H2,1H3/t14-/m0/s1. The molecule has 19 heavy (non-hydrogen) atoms. The maximum absolute atomic E-state index is 13.0. The van der Waals surface area contributed by atoms with E-state index in [1.807, 2.05) is 6.92 Å². The third-order valence-corrected chi connectivity index (χ3v) is 2.61. The van der Waals surface area contributed by atoms with Crippen LogP contribution >= 0.6 is 0 Å². The Hall–Kier alpha value is -2.01. The summed E-state index contributed by atoms with van der Waals surface area (Å²) in [6, 6.07) is 6.52. The van der Waals surface area contributed by atoms with E-state index in [0.717, 1.165) is 12.1 Å². The quantitative estimate of drug-likeness (QED) is 0.918.